The van der Waals surface area contributed by atoms with E-state index in [1.165, 1.54) is 12.1 Å². The third-order valence-corrected chi connectivity index (χ3v) is 3.06. The summed E-state index contributed by atoms with van der Waals surface area (Å²) in [5, 5.41) is 1.06. The van der Waals surface area contributed by atoms with E-state index >= 15 is 0 Å². The summed E-state index contributed by atoms with van der Waals surface area (Å²) in [5.74, 6) is -0.295. The van der Waals surface area contributed by atoms with Crippen molar-refractivity contribution in [1.29, 1.82) is 0 Å². The molecule has 2 aromatic carbocycles. The van der Waals surface area contributed by atoms with Crippen LogP contribution in [0.5, 0.6) is 0 Å². The molecule has 0 aliphatic rings. The van der Waals surface area contributed by atoms with Crippen LogP contribution in [-0.4, -0.2) is 0 Å². The van der Waals surface area contributed by atoms with Crippen LogP contribution in [0, 0.1) is 12.7 Å². The van der Waals surface area contributed by atoms with Crippen LogP contribution in [0.3, 0.4) is 0 Å². The second kappa shape index (κ2) is 4.44. The Kier molecular flexibility index (Phi) is 3.17. The van der Waals surface area contributed by atoms with Gasteiger partial charge in [-0.25, -0.2) is 4.39 Å². The van der Waals surface area contributed by atoms with Crippen LogP contribution in [0.25, 0.3) is 11.1 Å². The molecule has 0 N–H and O–H groups in total. The molecule has 0 radical (unpaired) electrons. The lowest BCUT2D eigenvalue weighted by Gasteiger charge is -2.10. The van der Waals surface area contributed by atoms with Crippen LogP contribution in [-0.2, 0) is 0 Å². The standard InChI is InChI=1S/C13H9Cl2F/c1-8-5-6-9(16)7-10(8)13-11(14)3-2-4-12(13)15/h2-7H,1H3. The van der Waals surface area contributed by atoms with Gasteiger partial charge in [0, 0.05) is 15.6 Å². The van der Waals surface area contributed by atoms with Crippen LogP contribution < -0.4 is 0 Å². The van der Waals surface area contributed by atoms with Crippen molar-refractivity contribution in [3.05, 3.63) is 57.8 Å². The lowest BCUT2D eigenvalue weighted by atomic mass is 10.0. The van der Waals surface area contributed by atoms with E-state index < -0.39 is 0 Å². The van der Waals surface area contributed by atoms with Crippen LogP contribution in [0.4, 0.5) is 4.39 Å². The number of hydrogen-bond acceptors (Lipinski definition) is 0. The van der Waals surface area contributed by atoms with Crippen molar-refractivity contribution in [2.45, 2.75) is 6.92 Å². The highest BCUT2D eigenvalue weighted by Gasteiger charge is 2.11. The van der Waals surface area contributed by atoms with E-state index in [4.69, 9.17) is 23.2 Å². The van der Waals surface area contributed by atoms with Crippen LogP contribution in [0.15, 0.2) is 36.4 Å². The fourth-order valence-electron chi connectivity index (χ4n) is 1.62. The maximum atomic E-state index is 13.2. The molecule has 0 bridgehead atoms. The largest absolute Gasteiger partial charge is 0.207 e. The first kappa shape index (κ1) is 11.4. The predicted molar refractivity (Wildman–Crippen MR) is 66.6 cm³/mol. The van der Waals surface area contributed by atoms with Gasteiger partial charge in [0.05, 0.1) is 0 Å². The van der Waals surface area contributed by atoms with Crippen molar-refractivity contribution in [2.75, 3.05) is 0 Å². The fraction of sp³-hybridized carbons (Fsp3) is 0.0769. The topological polar surface area (TPSA) is 0 Å². The minimum atomic E-state index is -0.295. The molecule has 0 atom stereocenters. The molecule has 82 valence electrons. The average molecular weight is 255 g/mol. The highest BCUT2D eigenvalue weighted by Crippen LogP contribution is 2.36. The van der Waals surface area contributed by atoms with Gasteiger partial charge in [0.1, 0.15) is 5.82 Å². The highest BCUT2D eigenvalue weighted by molar-refractivity contribution is 6.39. The first-order chi connectivity index (χ1) is 7.59. The number of benzene rings is 2. The molecular formula is C13H9Cl2F. The molecule has 0 aliphatic heterocycles. The Hall–Kier alpha value is -1.05. The first-order valence-electron chi connectivity index (χ1n) is 4.80. The van der Waals surface area contributed by atoms with Gasteiger partial charge in [-0.15, -0.1) is 0 Å². The van der Waals surface area contributed by atoms with E-state index in [-0.39, 0.29) is 5.82 Å². The van der Waals surface area contributed by atoms with Gasteiger partial charge >= 0.3 is 0 Å². The van der Waals surface area contributed by atoms with Gasteiger partial charge < -0.3 is 0 Å². The quantitative estimate of drug-likeness (QED) is 0.664. The van der Waals surface area contributed by atoms with Crippen molar-refractivity contribution in [3.8, 4) is 11.1 Å². The molecule has 0 aliphatic carbocycles. The van der Waals surface area contributed by atoms with E-state index in [9.17, 15) is 4.39 Å². The maximum Gasteiger partial charge on any atom is 0.123 e. The van der Waals surface area contributed by atoms with Crippen molar-refractivity contribution in [3.63, 3.8) is 0 Å². The Morgan fingerprint density at radius 3 is 2.25 bits per heavy atom. The number of rotatable bonds is 1. The molecule has 0 aromatic heterocycles. The van der Waals surface area contributed by atoms with Crippen molar-refractivity contribution < 1.29 is 4.39 Å². The SMILES string of the molecule is Cc1ccc(F)cc1-c1c(Cl)cccc1Cl. The zero-order valence-electron chi connectivity index (χ0n) is 8.60. The Balaban J connectivity index is 2.72. The third kappa shape index (κ3) is 2.06. The number of halogens is 3. The summed E-state index contributed by atoms with van der Waals surface area (Å²) >= 11 is 12.2. The molecule has 3 heteroatoms. The Morgan fingerprint density at radius 1 is 1.00 bits per heavy atom. The van der Waals surface area contributed by atoms with Gasteiger partial charge in [-0.05, 0) is 42.3 Å². The van der Waals surface area contributed by atoms with E-state index in [2.05, 4.69) is 0 Å². The molecule has 2 rings (SSSR count). The molecule has 0 saturated heterocycles. The van der Waals surface area contributed by atoms with E-state index in [0.29, 0.717) is 15.6 Å². The van der Waals surface area contributed by atoms with Gasteiger partial charge in [0.2, 0.25) is 0 Å². The fourth-order valence-corrected chi connectivity index (χ4v) is 2.22. The smallest absolute Gasteiger partial charge is 0.123 e. The van der Waals surface area contributed by atoms with E-state index in [1.54, 1.807) is 24.3 Å². The Morgan fingerprint density at radius 2 is 1.62 bits per heavy atom. The van der Waals surface area contributed by atoms with Gasteiger partial charge in [0.25, 0.3) is 0 Å². The molecule has 0 nitrogen and oxygen atoms in total. The molecule has 0 unspecified atom stereocenters. The zero-order chi connectivity index (χ0) is 11.7. The van der Waals surface area contributed by atoms with Gasteiger partial charge in [-0.1, -0.05) is 35.3 Å². The molecule has 2 aromatic rings. The normalized spacial score (nSPS) is 10.5. The van der Waals surface area contributed by atoms with Crippen molar-refractivity contribution >= 4 is 23.2 Å². The summed E-state index contributed by atoms with van der Waals surface area (Å²) in [7, 11) is 0. The van der Waals surface area contributed by atoms with Crippen LogP contribution in [0.1, 0.15) is 5.56 Å². The predicted octanol–water partition coefficient (Wildman–Crippen LogP) is 5.11. The first-order valence-corrected chi connectivity index (χ1v) is 5.55. The van der Waals surface area contributed by atoms with Gasteiger partial charge in [-0.2, -0.15) is 0 Å². The minimum absolute atomic E-state index is 0.295. The van der Waals surface area contributed by atoms with Gasteiger partial charge in [-0.3, -0.25) is 0 Å². The molecule has 0 heterocycles. The number of hydrogen-bond donors (Lipinski definition) is 0. The summed E-state index contributed by atoms with van der Waals surface area (Å²) in [6.45, 7) is 1.90. The number of aryl methyl sites for hydroxylation is 1. The summed E-state index contributed by atoms with van der Waals surface area (Å²) in [6, 6.07) is 9.83. The van der Waals surface area contributed by atoms with E-state index in [0.717, 1.165) is 11.1 Å². The summed E-state index contributed by atoms with van der Waals surface area (Å²) < 4.78 is 13.2. The summed E-state index contributed by atoms with van der Waals surface area (Å²) in [4.78, 5) is 0. The highest BCUT2D eigenvalue weighted by atomic mass is 35.5. The van der Waals surface area contributed by atoms with Crippen LogP contribution >= 0.6 is 23.2 Å². The second-order valence-corrected chi connectivity index (χ2v) is 4.37. The van der Waals surface area contributed by atoms with Crippen molar-refractivity contribution in [2.24, 2.45) is 0 Å². The molecule has 0 spiro atoms. The molecule has 0 saturated carbocycles. The Labute approximate surface area is 104 Å². The van der Waals surface area contributed by atoms with Crippen molar-refractivity contribution in [1.82, 2.24) is 0 Å². The van der Waals surface area contributed by atoms with Gasteiger partial charge in [0.15, 0.2) is 0 Å². The monoisotopic (exact) mass is 254 g/mol. The lowest BCUT2D eigenvalue weighted by molar-refractivity contribution is 0.628. The lowest BCUT2D eigenvalue weighted by Crippen LogP contribution is -1.87. The van der Waals surface area contributed by atoms with Crippen LogP contribution in [0.2, 0.25) is 10.0 Å². The molecular weight excluding hydrogens is 246 g/mol. The summed E-state index contributed by atoms with van der Waals surface area (Å²) in [6.07, 6.45) is 0. The third-order valence-electron chi connectivity index (χ3n) is 2.43. The van der Waals surface area contributed by atoms with E-state index in [1.807, 2.05) is 6.92 Å². The maximum absolute atomic E-state index is 13.2. The molecule has 16 heavy (non-hydrogen) atoms. The zero-order valence-corrected chi connectivity index (χ0v) is 10.1. The average Bonchev–Trinajstić information content (AvgIpc) is 2.23. The second-order valence-electron chi connectivity index (χ2n) is 3.56. The Bertz CT molecular complexity index is 515. The minimum Gasteiger partial charge on any atom is -0.207 e. The molecule has 0 fully saturated rings. The molecule has 0 amide bonds. The summed E-state index contributed by atoms with van der Waals surface area (Å²) in [5.41, 5.74) is 2.36.